The van der Waals surface area contributed by atoms with Crippen LogP contribution in [0.25, 0.3) is 0 Å². The lowest BCUT2D eigenvalue weighted by Crippen LogP contribution is -2.51. The largest absolute Gasteiger partial charge is 0.466 e. The van der Waals surface area contributed by atoms with Crippen LogP contribution in [0, 0.1) is 60.2 Å². The number of hydrogen-bond donors (Lipinski definition) is 0. The van der Waals surface area contributed by atoms with Crippen molar-refractivity contribution in [1.82, 2.24) is 0 Å². The molecule has 4 aliphatic carbocycles. The highest BCUT2D eigenvalue weighted by molar-refractivity contribution is 5.69. The van der Waals surface area contributed by atoms with Crippen LogP contribution in [0.1, 0.15) is 205 Å². The minimum Gasteiger partial charge on any atom is -0.466 e. The summed E-state index contributed by atoms with van der Waals surface area (Å²) >= 11 is 0. The fourth-order valence-electron chi connectivity index (χ4n) is 12.2. The van der Waals surface area contributed by atoms with Crippen LogP contribution < -0.4 is 0 Å². The molecule has 1 aromatic heterocycles. The lowest BCUT2D eigenvalue weighted by Gasteiger charge is -2.58. The highest BCUT2D eigenvalue weighted by Gasteiger charge is 2.59. The van der Waals surface area contributed by atoms with Gasteiger partial charge >= 0.3 is 5.97 Å². The molecule has 4 aliphatic rings. The van der Waals surface area contributed by atoms with E-state index >= 15 is 0 Å². The number of furan rings is 1. The van der Waals surface area contributed by atoms with Crippen LogP contribution in [0.5, 0.6) is 0 Å². The van der Waals surface area contributed by atoms with Crippen LogP contribution >= 0.6 is 0 Å². The van der Waals surface area contributed by atoms with Gasteiger partial charge in [0.1, 0.15) is 17.6 Å². The molecule has 0 aliphatic heterocycles. The number of rotatable bonds is 20. The van der Waals surface area contributed by atoms with Gasteiger partial charge in [-0.15, -0.1) is 0 Å². The first kappa shape index (κ1) is 40.7. The number of ether oxygens (including phenoxy) is 1. The van der Waals surface area contributed by atoms with E-state index in [1.165, 1.54) is 132 Å². The number of unbranched alkanes of at least 4 members (excludes halogenated alkanes) is 8. The van der Waals surface area contributed by atoms with Gasteiger partial charge in [-0.25, -0.2) is 0 Å². The van der Waals surface area contributed by atoms with E-state index in [1.54, 1.807) is 5.57 Å². The summed E-state index contributed by atoms with van der Waals surface area (Å²) in [6, 6.07) is 0. The summed E-state index contributed by atoms with van der Waals surface area (Å²) in [7, 11) is 0. The lowest BCUT2D eigenvalue weighted by atomic mass is 9.47. The Morgan fingerprint density at radius 2 is 1.47 bits per heavy atom. The molecule has 290 valence electrons. The molecular formula is C48H80O3. The molecule has 5 rings (SSSR count). The van der Waals surface area contributed by atoms with Gasteiger partial charge in [-0.05, 0) is 136 Å². The van der Waals surface area contributed by atoms with Crippen LogP contribution in [0.15, 0.2) is 16.1 Å². The van der Waals surface area contributed by atoms with Crippen molar-refractivity contribution in [3.63, 3.8) is 0 Å². The third-order valence-corrected chi connectivity index (χ3v) is 15.5. The summed E-state index contributed by atoms with van der Waals surface area (Å²) in [5.74, 6) is 7.71. The molecule has 3 saturated carbocycles. The van der Waals surface area contributed by atoms with Crippen LogP contribution in [0.4, 0.5) is 0 Å². The van der Waals surface area contributed by atoms with Gasteiger partial charge in [-0.1, -0.05) is 117 Å². The maximum atomic E-state index is 12.9. The third kappa shape index (κ3) is 9.79. The highest BCUT2D eigenvalue weighted by Crippen LogP contribution is 2.67. The molecule has 3 heteroatoms. The summed E-state index contributed by atoms with van der Waals surface area (Å²) in [4.78, 5) is 12.9. The Kier molecular flexibility index (Phi) is 14.9. The normalized spacial score (nSPS) is 30.8. The Morgan fingerprint density at radius 1 is 0.804 bits per heavy atom. The standard InChI is InChI=1S/C48H80O3/c1-9-10-16-22-44-36(5)37(6)45(51-44)23-17-14-12-11-13-15-18-24-46(49)50-39-29-31-47(7)38(33-39)25-26-40-42-28-27-41(35(4)21-19-20-34(2)3)48(42,8)32-30-43(40)47/h25,34-35,39-43H,9-24,26-33H2,1-8H3. The smallest absolute Gasteiger partial charge is 0.306 e. The van der Waals surface area contributed by atoms with Gasteiger partial charge in [0.2, 0.25) is 0 Å². The van der Waals surface area contributed by atoms with Gasteiger partial charge in [-0.2, -0.15) is 0 Å². The van der Waals surface area contributed by atoms with Crippen LogP contribution in [-0.4, -0.2) is 12.1 Å². The predicted octanol–water partition coefficient (Wildman–Crippen LogP) is 14.2. The predicted molar refractivity (Wildman–Crippen MR) is 215 cm³/mol. The number of allylic oxidation sites excluding steroid dienone is 1. The molecule has 1 aromatic rings. The van der Waals surface area contributed by atoms with E-state index < -0.39 is 0 Å². The minimum atomic E-state index is 0.0454. The molecule has 3 nitrogen and oxygen atoms in total. The number of carbonyl (C=O) groups is 1. The van der Waals surface area contributed by atoms with Gasteiger partial charge in [0.15, 0.2) is 0 Å². The van der Waals surface area contributed by atoms with Crippen LogP contribution in [0.3, 0.4) is 0 Å². The average Bonchev–Trinajstić information content (AvgIpc) is 3.59. The molecule has 0 bridgehead atoms. The molecule has 0 radical (unpaired) electrons. The second-order valence-corrected chi connectivity index (χ2v) is 19.3. The first-order valence-corrected chi connectivity index (χ1v) is 22.4. The van der Waals surface area contributed by atoms with Crippen molar-refractivity contribution in [2.45, 2.75) is 216 Å². The zero-order chi connectivity index (χ0) is 36.6. The molecule has 0 amide bonds. The quantitative estimate of drug-likeness (QED) is 0.0770. The second kappa shape index (κ2) is 18.7. The SMILES string of the molecule is CCCCCc1oc(CCCCCCCCCC(=O)OC2CCC3(C)C(=CCC4C3CCC3(C)C(C(C)CCCC(C)C)CCC43)C2)c(C)c1C. The second-order valence-electron chi connectivity index (χ2n) is 19.3. The maximum Gasteiger partial charge on any atom is 0.306 e. The molecule has 0 N–H and O–H groups in total. The molecule has 0 saturated heterocycles. The summed E-state index contributed by atoms with van der Waals surface area (Å²) in [6.07, 6.45) is 32.1. The number of esters is 1. The molecule has 0 spiro atoms. The Bertz CT molecular complexity index is 1270. The summed E-state index contributed by atoms with van der Waals surface area (Å²) in [5.41, 5.74) is 5.27. The van der Waals surface area contributed by atoms with Gasteiger partial charge in [0, 0.05) is 25.7 Å². The fourth-order valence-corrected chi connectivity index (χ4v) is 12.2. The van der Waals surface area contributed by atoms with Gasteiger partial charge in [-0.3, -0.25) is 4.79 Å². The first-order chi connectivity index (χ1) is 24.5. The lowest BCUT2D eigenvalue weighted by molar-refractivity contribution is -0.151. The zero-order valence-corrected chi connectivity index (χ0v) is 34.8. The Labute approximate surface area is 315 Å². The van der Waals surface area contributed by atoms with Crippen LogP contribution in [0.2, 0.25) is 0 Å². The first-order valence-electron chi connectivity index (χ1n) is 22.4. The Balaban J connectivity index is 0.973. The number of fused-ring (bicyclic) bond motifs is 5. The number of hydrogen-bond acceptors (Lipinski definition) is 3. The monoisotopic (exact) mass is 705 g/mol. The van der Waals surface area contributed by atoms with Crippen molar-refractivity contribution < 1.29 is 13.9 Å². The molecule has 51 heavy (non-hydrogen) atoms. The highest BCUT2D eigenvalue weighted by atomic mass is 16.5. The minimum absolute atomic E-state index is 0.0454. The maximum absolute atomic E-state index is 12.9. The molecule has 0 aromatic carbocycles. The van der Waals surface area contributed by atoms with Crippen molar-refractivity contribution in [1.29, 1.82) is 0 Å². The summed E-state index contributed by atoms with van der Waals surface area (Å²) in [5, 5.41) is 0. The summed E-state index contributed by atoms with van der Waals surface area (Å²) < 4.78 is 12.4. The van der Waals surface area contributed by atoms with Gasteiger partial charge < -0.3 is 9.15 Å². The van der Waals surface area contributed by atoms with E-state index in [0.717, 1.165) is 74.0 Å². The van der Waals surface area contributed by atoms with Gasteiger partial charge in [0.25, 0.3) is 0 Å². The zero-order valence-electron chi connectivity index (χ0n) is 34.8. The molecule has 8 unspecified atom stereocenters. The van der Waals surface area contributed by atoms with Crippen molar-refractivity contribution in [2.24, 2.45) is 46.3 Å². The van der Waals surface area contributed by atoms with E-state index in [1.807, 2.05) is 0 Å². The molecule has 3 fully saturated rings. The van der Waals surface area contributed by atoms with Gasteiger partial charge in [0.05, 0.1) is 0 Å². The number of carbonyl (C=O) groups excluding carboxylic acids is 1. The molecular weight excluding hydrogens is 625 g/mol. The summed E-state index contributed by atoms with van der Waals surface area (Å²) in [6.45, 7) is 19.4. The fraction of sp³-hybridized carbons (Fsp3) is 0.854. The van der Waals surface area contributed by atoms with E-state index in [-0.39, 0.29) is 12.1 Å². The number of aryl methyl sites for hydroxylation is 2. The van der Waals surface area contributed by atoms with Crippen molar-refractivity contribution >= 4 is 5.97 Å². The van der Waals surface area contributed by atoms with E-state index in [9.17, 15) is 4.79 Å². The Hall–Kier alpha value is -1.51. The third-order valence-electron chi connectivity index (χ3n) is 15.5. The van der Waals surface area contributed by atoms with Crippen molar-refractivity contribution in [3.05, 3.63) is 34.3 Å². The molecule has 8 atom stereocenters. The Morgan fingerprint density at radius 3 is 2.16 bits per heavy atom. The van der Waals surface area contributed by atoms with E-state index in [4.69, 9.17) is 9.15 Å². The van der Waals surface area contributed by atoms with Crippen LogP contribution in [-0.2, 0) is 22.4 Å². The average molecular weight is 705 g/mol. The molecule has 1 heterocycles. The van der Waals surface area contributed by atoms with Crippen molar-refractivity contribution in [3.8, 4) is 0 Å². The van der Waals surface area contributed by atoms with E-state index in [0.29, 0.717) is 17.3 Å². The van der Waals surface area contributed by atoms with E-state index in [2.05, 4.69) is 61.5 Å². The van der Waals surface area contributed by atoms with Crippen molar-refractivity contribution in [2.75, 3.05) is 0 Å². The topological polar surface area (TPSA) is 39.4 Å².